The number of guanidine groups is 1. The smallest absolute Gasteiger partial charge is 0.244 e. The number of rotatable bonds is 4. The van der Waals surface area contributed by atoms with Crippen molar-refractivity contribution in [3.63, 3.8) is 0 Å². The normalized spacial score (nSPS) is 16.2. The van der Waals surface area contributed by atoms with E-state index in [1.807, 2.05) is 17.0 Å². The molecule has 0 atom stereocenters. The van der Waals surface area contributed by atoms with Crippen molar-refractivity contribution >= 4 is 41.4 Å². The summed E-state index contributed by atoms with van der Waals surface area (Å²) in [6.45, 7) is 6.21. The Kier molecular flexibility index (Phi) is 8.51. The van der Waals surface area contributed by atoms with E-state index in [9.17, 15) is 4.79 Å². The Morgan fingerprint density at radius 3 is 2.39 bits per heavy atom. The van der Waals surface area contributed by atoms with Gasteiger partial charge >= 0.3 is 0 Å². The molecule has 1 amide bonds. The quantitative estimate of drug-likeness (QED) is 0.370. The molecule has 0 aliphatic carbocycles. The van der Waals surface area contributed by atoms with Gasteiger partial charge in [-0.15, -0.1) is 24.0 Å². The lowest BCUT2D eigenvalue weighted by atomic mass is 10.00. The second-order valence-corrected chi connectivity index (χ2v) is 7.80. The van der Waals surface area contributed by atoms with Crippen molar-refractivity contribution in [2.45, 2.75) is 26.3 Å². The fourth-order valence-corrected chi connectivity index (χ4v) is 4.15. The van der Waals surface area contributed by atoms with Gasteiger partial charge in [-0.3, -0.25) is 4.79 Å². The molecule has 2 aliphatic rings. The molecule has 0 aromatic heterocycles. The molecular weight excluding hydrogens is 499 g/mol. The minimum Gasteiger partial charge on any atom is -0.356 e. The molecule has 0 fully saturated rings. The second kappa shape index (κ2) is 11.3. The highest BCUT2D eigenvalue weighted by atomic mass is 127. The van der Waals surface area contributed by atoms with Crippen LogP contribution in [0.15, 0.2) is 65.7 Å². The Bertz CT molecular complexity index is 942. The van der Waals surface area contributed by atoms with Crippen molar-refractivity contribution in [3.8, 4) is 0 Å². The molecule has 0 spiro atoms. The highest BCUT2D eigenvalue weighted by molar-refractivity contribution is 14.0. The van der Waals surface area contributed by atoms with Crippen LogP contribution in [0.2, 0.25) is 0 Å². The van der Waals surface area contributed by atoms with Gasteiger partial charge in [-0.05, 0) is 42.0 Å². The van der Waals surface area contributed by atoms with Gasteiger partial charge in [0.05, 0.1) is 0 Å². The lowest BCUT2D eigenvalue weighted by molar-refractivity contribution is -0.130. The van der Waals surface area contributed by atoms with Gasteiger partial charge < -0.3 is 15.1 Å². The summed E-state index contributed by atoms with van der Waals surface area (Å²) in [6.07, 6.45) is 4.17. The number of aliphatic imine (C=N–C) groups is 1. The molecule has 2 aromatic carbocycles. The first-order valence-electron chi connectivity index (χ1n) is 10.9. The summed E-state index contributed by atoms with van der Waals surface area (Å²) in [4.78, 5) is 21.6. The van der Waals surface area contributed by atoms with E-state index in [0.29, 0.717) is 6.54 Å². The number of halogens is 1. The van der Waals surface area contributed by atoms with Crippen molar-refractivity contribution in [3.05, 3.63) is 77.4 Å². The van der Waals surface area contributed by atoms with Crippen molar-refractivity contribution in [2.24, 2.45) is 4.99 Å². The van der Waals surface area contributed by atoms with E-state index in [4.69, 9.17) is 0 Å². The minimum absolute atomic E-state index is 0. The Morgan fingerprint density at radius 2 is 1.68 bits per heavy atom. The number of hydrogen-bond acceptors (Lipinski definition) is 2. The van der Waals surface area contributed by atoms with Crippen LogP contribution in [0, 0.1) is 0 Å². The van der Waals surface area contributed by atoms with E-state index in [2.05, 4.69) is 70.7 Å². The molecule has 2 aliphatic heterocycles. The Labute approximate surface area is 202 Å². The van der Waals surface area contributed by atoms with E-state index >= 15 is 0 Å². The van der Waals surface area contributed by atoms with Crippen LogP contribution >= 0.6 is 24.0 Å². The third-order valence-electron chi connectivity index (χ3n) is 5.84. The number of benzene rings is 2. The predicted molar refractivity (Wildman–Crippen MR) is 138 cm³/mol. The lowest BCUT2D eigenvalue weighted by Gasteiger charge is -2.31. The number of carbonyl (C=O) groups is 1. The van der Waals surface area contributed by atoms with Gasteiger partial charge in [0.15, 0.2) is 5.96 Å². The van der Waals surface area contributed by atoms with E-state index < -0.39 is 0 Å². The number of fused-ring (bicyclic) bond motifs is 1. The summed E-state index contributed by atoms with van der Waals surface area (Å²) < 4.78 is 0. The van der Waals surface area contributed by atoms with Crippen LogP contribution in [-0.2, 0) is 17.8 Å². The second-order valence-electron chi connectivity index (χ2n) is 7.80. The monoisotopic (exact) mass is 530 g/mol. The zero-order chi connectivity index (χ0) is 20.8. The highest BCUT2D eigenvalue weighted by Gasteiger charge is 2.21. The van der Waals surface area contributed by atoms with Gasteiger partial charge in [0, 0.05) is 32.7 Å². The molecule has 1 N–H and O–H groups in total. The molecule has 6 heteroatoms. The number of nitrogens with zero attached hydrogens (tertiary/aromatic N) is 3. The van der Waals surface area contributed by atoms with Crippen LogP contribution in [-0.4, -0.2) is 54.4 Å². The largest absolute Gasteiger partial charge is 0.356 e. The molecule has 0 radical (unpaired) electrons. The van der Waals surface area contributed by atoms with Crippen LogP contribution in [0.1, 0.15) is 30.0 Å². The molecule has 0 saturated carbocycles. The van der Waals surface area contributed by atoms with Gasteiger partial charge in [-0.1, -0.05) is 60.7 Å². The number of amides is 1. The van der Waals surface area contributed by atoms with Crippen LogP contribution in [0.3, 0.4) is 0 Å². The highest BCUT2D eigenvalue weighted by Crippen LogP contribution is 2.22. The van der Waals surface area contributed by atoms with E-state index in [1.54, 1.807) is 0 Å². The Balaban J connectivity index is 0.00000272. The molecule has 0 saturated heterocycles. The number of hydrogen-bond donors (Lipinski definition) is 1. The molecule has 164 valence electrons. The first kappa shape index (κ1) is 23.3. The summed E-state index contributed by atoms with van der Waals surface area (Å²) in [5.41, 5.74) is 5.28. The van der Waals surface area contributed by atoms with E-state index in [-0.39, 0.29) is 36.4 Å². The number of nitrogens with one attached hydrogen (secondary N) is 1. The lowest BCUT2D eigenvalue weighted by Crippen LogP contribution is -2.44. The van der Waals surface area contributed by atoms with E-state index in [0.717, 1.165) is 45.0 Å². The van der Waals surface area contributed by atoms with Crippen molar-refractivity contribution in [1.29, 1.82) is 0 Å². The minimum atomic E-state index is 0. The average Bonchev–Trinajstić information content (AvgIpc) is 2.82. The SMILES string of the molecule is CCNC(=NCC(=O)N1CCc2ccccc2C1)N1CC=C(c2ccccc2)CC1.I. The molecule has 0 unspecified atom stereocenters. The molecule has 5 nitrogen and oxygen atoms in total. The van der Waals surface area contributed by atoms with Crippen molar-refractivity contribution in [2.75, 3.05) is 32.7 Å². The third-order valence-corrected chi connectivity index (χ3v) is 5.84. The first-order valence-corrected chi connectivity index (χ1v) is 10.9. The zero-order valence-electron chi connectivity index (χ0n) is 18.1. The van der Waals surface area contributed by atoms with Crippen LogP contribution in [0.25, 0.3) is 5.57 Å². The van der Waals surface area contributed by atoms with Gasteiger partial charge in [0.2, 0.25) is 5.91 Å². The maximum Gasteiger partial charge on any atom is 0.244 e. The molecule has 4 rings (SSSR count). The fourth-order valence-electron chi connectivity index (χ4n) is 4.15. The van der Waals surface area contributed by atoms with Crippen LogP contribution in [0.4, 0.5) is 0 Å². The summed E-state index contributed by atoms with van der Waals surface area (Å²) in [7, 11) is 0. The standard InChI is InChI=1S/C25H30N4O.HI/c1-2-26-25(28-15-12-22(13-16-28)20-8-4-3-5-9-20)27-18-24(30)29-17-14-21-10-6-7-11-23(21)19-29;/h3-12H,2,13-19H2,1H3,(H,26,27);1H. The topological polar surface area (TPSA) is 47.9 Å². The van der Waals surface area contributed by atoms with Crippen molar-refractivity contribution in [1.82, 2.24) is 15.1 Å². The van der Waals surface area contributed by atoms with E-state index in [1.165, 1.54) is 22.3 Å². The molecule has 2 aromatic rings. The molecule has 2 heterocycles. The summed E-state index contributed by atoms with van der Waals surface area (Å²) in [6, 6.07) is 18.9. The fraction of sp³-hybridized carbons (Fsp3) is 0.360. The third kappa shape index (κ3) is 5.87. The van der Waals surface area contributed by atoms with Crippen LogP contribution in [0.5, 0.6) is 0 Å². The molecule has 31 heavy (non-hydrogen) atoms. The van der Waals surface area contributed by atoms with Gasteiger partial charge in [0.1, 0.15) is 6.54 Å². The summed E-state index contributed by atoms with van der Waals surface area (Å²) >= 11 is 0. The Hall–Kier alpha value is -2.35. The molecular formula is C25H31IN4O. The van der Waals surface area contributed by atoms with Crippen LogP contribution < -0.4 is 5.32 Å². The predicted octanol–water partition coefficient (Wildman–Crippen LogP) is 3.94. The average molecular weight is 530 g/mol. The summed E-state index contributed by atoms with van der Waals surface area (Å²) in [5.74, 6) is 0.920. The van der Waals surface area contributed by atoms with Gasteiger partial charge in [-0.25, -0.2) is 4.99 Å². The number of carbonyl (C=O) groups excluding carboxylic acids is 1. The zero-order valence-corrected chi connectivity index (χ0v) is 20.4. The first-order chi connectivity index (χ1) is 14.7. The maximum absolute atomic E-state index is 12.8. The van der Waals surface area contributed by atoms with Gasteiger partial charge in [0.25, 0.3) is 0 Å². The summed E-state index contributed by atoms with van der Waals surface area (Å²) in [5, 5.41) is 3.36. The van der Waals surface area contributed by atoms with Crippen molar-refractivity contribution < 1.29 is 4.79 Å². The maximum atomic E-state index is 12.8. The van der Waals surface area contributed by atoms with Gasteiger partial charge in [-0.2, -0.15) is 0 Å². The Morgan fingerprint density at radius 1 is 0.968 bits per heavy atom. The molecule has 0 bridgehead atoms.